The molecule has 1 aliphatic carbocycles. The summed E-state index contributed by atoms with van der Waals surface area (Å²) in [5, 5.41) is 9.60. The van der Waals surface area contributed by atoms with E-state index in [2.05, 4.69) is 32.0 Å². The van der Waals surface area contributed by atoms with E-state index in [9.17, 15) is 5.26 Å². The van der Waals surface area contributed by atoms with Crippen LogP contribution < -0.4 is 16.4 Å². The van der Waals surface area contributed by atoms with E-state index in [0.29, 0.717) is 16.3 Å². The summed E-state index contributed by atoms with van der Waals surface area (Å²) in [4.78, 5) is 10.6. The number of hydrogen-bond acceptors (Lipinski definition) is 6. The van der Waals surface area contributed by atoms with Crippen molar-refractivity contribution in [2.24, 2.45) is 21.5 Å². The molecular weight excluding hydrogens is 380 g/mol. The Morgan fingerprint density at radius 1 is 1.26 bits per heavy atom. The van der Waals surface area contributed by atoms with E-state index in [0.717, 1.165) is 36.6 Å². The fourth-order valence-corrected chi connectivity index (χ4v) is 4.19. The number of nitrogens with two attached hydrogens (primary N) is 2. The third-order valence-corrected chi connectivity index (χ3v) is 5.28. The first-order chi connectivity index (χ1) is 11.0. The van der Waals surface area contributed by atoms with Gasteiger partial charge in [-0.2, -0.15) is 10.3 Å². The standard InChI is InChI=1S/C15H16BrClN6/c16-10-5-4-9(8-18)11(17)12(10)23-14(20)21-13(19)22-15(23)6-2-1-3-7-15/h4-5H,1-3,6-7H2,(H4,19,20,21,22). The van der Waals surface area contributed by atoms with Crippen LogP contribution in [0.15, 0.2) is 26.6 Å². The third kappa shape index (κ3) is 2.66. The van der Waals surface area contributed by atoms with Crippen LogP contribution in [0.25, 0.3) is 0 Å². The molecule has 0 saturated heterocycles. The van der Waals surface area contributed by atoms with Gasteiger partial charge in [-0.1, -0.05) is 18.0 Å². The fraction of sp³-hybridized carbons (Fsp3) is 0.400. The SMILES string of the molecule is N#Cc1ccc(Br)c(N2C(N)=NC(N)=NC23CCCCC3)c1Cl. The molecule has 0 amide bonds. The summed E-state index contributed by atoms with van der Waals surface area (Å²) in [6, 6.07) is 5.54. The van der Waals surface area contributed by atoms with Gasteiger partial charge in [0, 0.05) is 4.47 Å². The molecule has 1 spiro atoms. The molecule has 1 saturated carbocycles. The van der Waals surface area contributed by atoms with E-state index in [1.165, 1.54) is 0 Å². The number of nitriles is 1. The molecule has 3 rings (SSSR count). The van der Waals surface area contributed by atoms with Crippen molar-refractivity contribution in [3.05, 3.63) is 27.2 Å². The summed E-state index contributed by atoms with van der Waals surface area (Å²) in [7, 11) is 0. The lowest BCUT2D eigenvalue weighted by Gasteiger charge is -2.46. The summed E-state index contributed by atoms with van der Waals surface area (Å²) < 4.78 is 0.736. The second-order valence-electron chi connectivity index (χ2n) is 5.69. The lowest BCUT2D eigenvalue weighted by Crippen LogP contribution is -2.58. The number of hydrogen-bond donors (Lipinski definition) is 2. The highest BCUT2D eigenvalue weighted by molar-refractivity contribution is 9.10. The van der Waals surface area contributed by atoms with E-state index < -0.39 is 5.66 Å². The van der Waals surface area contributed by atoms with Gasteiger partial charge in [-0.25, -0.2) is 4.99 Å². The Morgan fingerprint density at radius 2 is 1.96 bits per heavy atom. The van der Waals surface area contributed by atoms with E-state index >= 15 is 0 Å². The Bertz CT molecular complexity index is 745. The lowest BCUT2D eigenvalue weighted by molar-refractivity contribution is 0.305. The van der Waals surface area contributed by atoms with Gasteiger partial charge in [-0.15, -0.1) is 0 Å². The van der Waals surface area contributed by atoms with E-state index in [1.807, 2.05) is 4.90 Å². The van der Waals surface area contributed by atoms with Crippen LogP contribution in [0.5, 0.6) is 0 Å². The highest BCUT2D eigenvalue weighted by atomic mass is 79.9. The van der Waals surface area contributed by atoms with Crippen molar-refractivity contribution in [1.29, 1.82) is 5.26 Å². The predicted molar refractivity (Wildman–Crippen MR) is 95.4 cm³/mol. The topological polar surface area (TPSA) is 104 Å². The second kappa shape index (κ2) is 6.02. The van der Waals surface area contributed by atoms with Gasteiger partial charge in [0.15, 0.2) is 0 Å². The first kappa shape index (κ1) is 16.1. The third-order valence-electron chi connectivity index (χ3n) is 4.26. The number of rotatable bonds is 1. The van der Waals surface area contributed by atoms with Crippen LogP contribution in [0.1, 0.15) is 37.7 Å². The van der Waals surface area contributed by atoms with Gasteiger partial charge in [-0.3, -0.25) is 4.90 Å². The molecule has 1 fully saturated rings. The summed E-state index contributed by atoms with van der Waals surface area (Å²) >= 11 is 9.98. The molecule has 0 unspecified atom stereocenters. The molecule has 0 aromatic heterocycles. The van der Waals surface area contributed by atoms with E-state index in [-0.39, 0.29) is 11.9 Å². The molecule has 1 heterocycles. The summed E-state index contributed by atoms with van der Waals surface area (Å²) in [5.74, 6) is 0.432. The second-order valence-corrected chi connectivity index (χ2v) is 6.92. The molecule has 6 nitrogen and oxygen atoms in total. The molecule has 4 N–H and O–H groups in total. The Labute approximate surface area is 147 Å². The zero-order valence-electron chi connectivity index (χ0n) is 12.4. The minimum Gasteiger partial charge on any atom is -0.369 e. The van der Waals surface area contributed by atoms with Gasteiger partial charge < -0.3 is 11.5 Å². The normalized spacial score (nSPS) is 20.0. The number of anilines is 1. The summed E-state index contributed by atoms with van der Waals surface area (Å²) in [5.41, 5.74) is 12.5. The van der Waals surface area contributed by atoms with Crippen LogP contribution >= 0.6 is 27.5 Å². The molecular formula is C15H16BrClN6. The smallest absolute Gasteiger partial charge is 0.220 e. The van der Waals surface area contributed by atoms with Crippen LogP contribution in [0, 0.1) is 11.3 Å². The van der Waals surface area contributed by atoms with Crippen molar-refractivity contribution in [3.8, 4) is 6.07 Å². The average Bonchev–Trinajstić information content (AvgIpc) is 2.50. The van der Waals surface area contributed by atoms with Crippen molar-refractivity contribution in [2.45, 2.75) is 37.8 Å². The zero-order valence-corrected chi connectivity index (χ0v) is 14.7. The van der Waals surface area contributed by atoms with Crippen LogP contribution in [-0.2, 0) is 0 Å². The first-order valence-electron chi connectivity index (χ1n) is 7.36. The van der Waals surface area contributed by atoms with Crippen LogP contribution in [0.4, 0.5) is 5.69 Å². The molecule has 0 bridgehead atoms. The van der Waals surface area contributed by atoms with Gasteiger partial charge in [0.25, 0.3) is 0 Å². The monoisotopic (exact) mass is 394 g/mol. The van der Waals surface area contributed by atoms with Crippen molar-refractivity contribution in [1.82, 2.24) is 0 Å². The van der Waals surface area contributed by atoms with Crippen molar-refractivity contribution >= 4 is 45.1 Å². The minimum atomic E-state index is -0.589. The molecule has 2 aliphatic rings. The van der Waals surface area contributed by atoms with Gasteiger partial charge in [0.1, 0.15) is 11.7 Å². The molecule has 120 valence electrons. The molecule has 1 aliphatic heterocycles. The van der Waals surface area contributed by atoms with Gasteiger partial charge in [0.2, 0.25) is 11.9 Å². The maximum absolute atomic E-state index is 9.26. The highest BCUT2D eigenvalue weighted by Crippen LogP contribution is 2.45. The number of nitrogens with zero attached hydrogens (tertiary/aromatic N) is 4. The van der Waals surface area contributed by atoms with Crippen molar-refractivity contribution in [3.63, 3.8) is 0 Å². The fourth-order valence-electron chi connectivity index (χ4n) is 3.28. The molecule has 23 heavy (non-hydrogen) atoms. The van der Waals surface area contributed by atoms with Crippen LogP contribution in [-0.4, -0.2) is 17.6 Å². The van der Waals surface area contributed by atoms with Crippen LogP contribution in [0.2, 0.25) is 5.02 Å². The number of aliphatic imine (C=N–C) groups is 2. The molecule has 8 heteroatoms. The van der Waals surface area contributed by atoms with E-state index in [1.54, 1.807) is 12.1 Å². The summed E-state index contributed by atoms with van der Waals surface area (Å²) in [6.45, 7) is 0. The Kier molecular flexibility index (Phi) is 4.21. The maximum atomic E-state index is 9.26. The quantitative estimate of drug-likeness (QED) is 0.762. The zero-order chi connectivity index (χ0) is 16.6. The molecule has 1 aromatic carbocycles. The number of halogens is 2. The largest absolute Gasteiger partial charge is 0.369 e. The average molecular weight is 396 g/mol. The number of guanidine groups is 2. The Balaban J connectivity index is 2.21. The molecule has 1 aromatic rings. The van der Waals surface area contributed by atoms with Crippen molar-refractivity contribution < 1.29 is 0 Å². The molecule has 0 atom stereocenters. The molecule has 0 radical (unpaired) electrons. The predicted octanol–water partition coefficient (Wildman–Crippen LogP) is 3.08. The van der Waals surface area contributed by atoms with Crippen molar-refractivity contribution in [2.75, 3.05) is 4.90 Å². The van der Waals surface area contributed by atoms with Gasteiger partial charge in [-0.05, 0) is 53.7 Å². The van der Waals surface area contributed by atoms with Crippen LogP contribution in [0.3, 0.4) is 0 Å². The highest BCUT2D eigenvalue weighted by Gasteiger charge is 2.44. The van der Waals surface area contributed by atoms with Gasteiger partial charge >= 0.3 is 0 Å². The lowest BCUT2D eigenvalue weighted by atomic mass is 9.87. The Morgan fingerprint density at radius 3 is 2.61 bits per heavy atom. The van der Waals surface area contributed by atoms with E-state index in [4.69, 9.17) is 23.1 Å². The summed E-state index contributed by atoms with van der Waals surface area (Å²) in [6.07, 6.45) is 4.81. The van der Waals surface area contributed by atoms with Gasteiger partial charge in [0.05, 0.1) is 16.3 Å². The maximum Gasteiger partial charge on any atom is 0.220 e. The Hall–Kier alpha value is -1.78. The minimum absolute atomic E-state index is 0.185. The number of benzene rings is 1. The first-order valence-corrected chi connectivity index (χ1v) is 8.53.